The monoisotopic (exact) mass is 236 g/mol. The molecule has 0 spiro atoms. The molecule has 2 aromatic rings. The van der Waals surface area contributed by atoms with Gasteiger partial charge < -0.3 is 9.84 Å². The SMILES string of the molecule is COc1nc(CC(=O)O)nc2ccc(F)cc12. The van der Waals surface area contributed by atoms with E-state index in [9.17, 15) is 9.18 Å². The minimum atomic E-state index is -1.03. The lowest BCUT2D eigenvalue weighted by Crippen LogP contribution is -2.06. The fourth-order valence-electron chi connectivity index (χ4n) is 1.49. The molecule has 1 aromatic carbocycles. The first-order valence-corrected chi connectivity index (χ1v) is 4.82. The Morgan fingerprint density at radius 1 is 1.47 bits per heavy atom. The van der Waals surface area contributed by atoms with Gasteiger partial charge in [0.25, 0.3) is 0 Å². The summed E-state index contributed by atoms with van der Waals surface area (Å²) < 4.78 is 18.1. The van der Waals surface area contributed by atoms with Crippen molar-refractivity contribution in [2.45, 2.75) is 6.42 Å². The van der Waals surface area contributed by atoms with Crippen LogP contribution in [0.1, 0.15) is 5.82 Å². The molecule has 1 aromatic heterocycles. The highest BCUT2D eigenvalue weighted by Crippen LogP contribution is 2.23. The van der Waals surface area contributed by atoms with Gasteiger partial charge in [0, 0.05) is 0 Å². The second-order valence-electron chi connectivity index (χ2n) is 3.38. The molecule has 0 unspecified atom stereocenters. The van der Waals surface area contributed by atoms with Gasteiger partial charge in [-0.2, -0.15) is 4.98 Å². The van der Waals surface area contributed by atoms with Crippen LogP contribution in [0.25, 0.3) is 10.9 Å². The Morgan fingerprint density at radius 2 is 2.24 bits per heavy atom. The zero-order valence-electron chi connectivity index (χ0n) is 8.98. The summed E-state index contributed by atoms with van der Waals surface area (Å²) in [5, 5.41) is 9.08. The zero-order valence-corrected chi connectivity index (χ0v) is 8.98. The maximum absolute atomic E-state index is 13.1. The number of aromatic nitrogens is 2. The number of halogens is 1. The van der Waals surface area contributed by atoms with Crippen LogP contribution >= 0.6 is 0 Å². The van der Waals surface area contributed by atoms with Crippen LogP contribution in [0.15, 0.2) is 18.2 Å². The molecule has 88 valence electrons. The summed E-state index contributed by atoms with van der Waals surface area (Å²) >= 11 is 0. The summed E-state index contributed by atoms with van der Waals surface area (Å²) in [4.78, 5) is 18.5. The van der Waals surface area contributed by atoms with Gasteiger partial charge in [-0.3, -0.25) is 4.79 Å². The molecule has 0 saturated heterocycles. The van der Waals surface area contributed by atoms with Gasteiger partial charge in [0.2, 0.25) is 5.88 Å². The van der Waals surface area contributed by atoms with Crippen LogP contribution in [0.4, 0.5) is 4.39 Å². The Morgan fingerprint density at radius 3 is 2.88 bits per heavy atom. The van der Waals surface area contributed by atoms with Gasteiger partial charge in [0.1, 0.15) is 18.1 Å². The highest BCUT2D eigenvalue weighted by molar-refractivity contribution is 5.84. The van der Waals surface area contributed by atoms with E-state index in [1.807, 2.05) is 0 Å². The summed E-state index contributed by atoms with van der Waals surface area (Å²) in [5.74, 6) is -1.15. The van der Waals surface area contributed by atoms with E-state index in [2.05, 4.69) is 9.97 Å². The number of carboxylic acid groups (broad SMARTS) is 1. The van der Waals surface area contributed by atoms with Crippen molar-refractivity contribution in [3.05, 3.63) is 29.8 Å². The fourth-order valence-corrected chi connectivity index (χ4v) is 1.49. The lowest BCUT2D eigenvalue weighted by molar-refractivity contribution is -0.136. The second kappa shape index (κ2) is 4.32. The molecule has 0 aliphatic rings. The Labute approximate surface area is 95.9 Å². The van der Waals surface area contributed by atoms with E-state index in [1.54, 1.807) is 0 Å². The van der Waals surface area contributed by atoms with Crippen LogP contribution in [0.2, 0.25) is 0 Å². The molecule has 0 bridgehead atoms. The molecule has 17 heavy (non-hydrogen) atoms. The Balaban J connectivity index is 2.61. The third kappa shape index (κ3) is 2.30. The number of rotatable bonds is 3. The minimum absolute atomic E-state index is 0.133. The van der Waals surface area contributed by atoms with Crippen LogP contribution in [0, 0.1) is 5.82 Å². The van der Waals surface area contributed by atoms with Crippen LogP contribution in [-0.2, 0) is 11.2 Å². The smallest absolute Gasteiger partial charge is 0.311 e. The molecule has 0 radical (unpaired) electrons. The van der Waals surface area contributed by atoms with Crippen molar-refractivity contribution in [2.75, 3.05) is 7.11 Å². The van der Waals surface area contributed by atoms with Crippen molar-refractivity contribution in [3.8, 4) is 5.88 Å². The lowest BCUT2D eigenvalue weighted by Gasteiger charge is -2.06. The second-order valence-corrected chi connectivity index (χ2v) is 3.38. The topological polar surface area (TPSA) is 72.3 Å². The fraction of sp³-hybridized carbons (Fsp3) is 0.182. The number of nitrogens with zero attached hydrogens (tertiary/aromatic N) is 2. The molecule has 0 atom stereocenters. The normalized spacial score (nSPS) is 10.5. The number of methoxy groups -OCH3 is 1. The number of fused-ring (bicyclic) bond motifs is 1. The summed E-state index contributed by atoms with van der Waals surface area (Å²) in [7, 11) is 1.39. The van der Waals surface area contributed by atoms with Crippen molar-refractivity contribution in [2.24, 2.45) is 0 Å². The van der Waals surface area contributed by atoms with Gasteiger partial charge in [-0.25, -0.2) is 9.37 Å². The molecule has 0 fully saturated rings. The number of carbonyl (C=O) groups is 1. The summed E-state index contributed by atoms with van der Waals surface area (Å²) in [6, 6.07) is 3.96. The molecule has 0 aliphatic heterocycles. The summed E-state index contributed by atoms with van der Waals surface area (Å²) in [6.45, 7) is 0. The Hall–Kier alpha value is -2.24. The van der Waals surface area contributed by atoms with E-state index in [-0.39, 0.29) is 18.1 Å². The molecule has 5 nitrogen and oxygen atoms in total. The van der Waals surface area contributed by atoms with E-state index in [4.69, 9.17) is 9.84 Å². The van der Waals surface area contributed by atoms with Crippen LogP contribution in [-0.4, -0.2) is 28.2 Å². The zero-order chi connectivity index (χ0) is 12.4. The molecule has 0 saturated carbocycles. The molecule has 2 rings (SSSR count). The van der Waals surface area contributed by atoms with E-state index < -0.39 is 11.8 Å². The van der Waals surface area contributed by atoms with Crippen molar-refractivity contribution < 1.29 is 19.0 Å². The first-order chi connectivity index (χ1) is 8.10. The quantitative estimate of drug-likeness (QED) is 0.872. The lowest BCUT2D eigenvalue weighted by atomic mass is 10.2. The van der Waals surface area contributed by atoms with E-state index in [0.717, 1.165) is 0 Å². The number of hydrogen-bond acceptors (Lipinski definition) is 4. The Kier molecular flexibility index (Phi) is 2.86. The average Bonchev–Trinajstić information content (AvgIpc) is 2.27. The number of benzene rings is 1. The van der Waals surface area contributed by atoms with Crippen molar-refractivity contribution in [1.82, 2.24) is 9.97 Å². The largest absolute Gasteiger partial charge is 0.481 e. The number of ether oxygens (including phenoxy) is 1. The maximum atomic E-state index is 13.1. The van der Waals surface area contributed by atoms with Crippen molar-refractivity contribution in [1.29, 1.82) is 0 Å². The number of hydrogen-bond donors (Lipinski definition) is 1. The predicted octanol–water partition coefficient (Wildman–Crippen LogP) is 1.40. The van der Waals surface area contributed by atoms with Crippen molar-refractivity contribution >= 4 is 16.9 Å². The molecule has 0 amide bonds. The number of aliphatic carboxylic acids is 1. The van der Waals surface area contributed by atoms with Gasteiger partial charge in [-0.05, 0) is 18.2 Å². The molecule has 1 N–H and O–H groups in total. The standard InChI is InChI=1S/C11H9FN2O3/c1-17-11-7-4-6(12)2-3-8(7)13-9(14-11)5-10(15)16/h2-4H,5H2,1H3,(H,15,16). The van der Waals surface area contributed by atoms with Gasteiger partial charge in [0.15, 0.2) is 0 Å². The van der Waals surface area contributed by atoms with Gasteiger partial charge in [0.05, 0.1) is 18.0 Å². The maximum Gasteiger partial charge on any atom is 0.311 e. The van der Waals surface area contributed by atoms with Gasteiger partial charge in [-0.1, -0.05) is 0 Å². The highest BCUT2D eigenvalue weighted by atomic mass is 19.1. The number of carboxylic acids is 1. The minimum Gasteiger partial charge on any atom is -0.481 e. The molecule has 0 aliphatic carbocycles. The molecular weight excluding hydrogens is 227 g/mol. The first kappa shape index (κ1) is 11.3. The van der Waals surface area contributed by atoms with E-state index in [1.165, 1.54) is 25.3 Å². The third-order valence-corrected chi connectivity index (χ3v) is 2.17. The van der Waals surface area contributed by atoms with E-state index >= 15 is 0 Å². The third-order valence-electron chi connectivity index (χ3n) is 2.17. The molecular formula is C11H9FN2O3. The van der Waals surface area contributed by atoms with Crippen LogP contribution in [0.3, 0.4) is 0 Å². The Bertz CT molecular complexity index is 586. The van der Waals surface area contributed by atoms with E-state index in [0.29, 0.717) is 10.9 Å². The van der Waals surface area contributed by atoms with Crippen LogP contribution < -0.4 is 4.74 Å². The van der Waals surface area contributed by atoms with Crippen molar-refractivity contribution in [3.63, 3.8) is 0 Å². The average molecular weight is 236 g/mol. The molecule has 6 heteroatoms. The summed E-state index contributed by atoms with van der Waals surface area (Å²) in [6.07, 6.45) is -0.302. The first-order valence-electron chi connectivity index (χ1n) is 4.82. The highest BCUT2D eigenvalue weighted by Gasteiger charge is 2.11. The summed E-state index contributed by atoms with van der Waals surface area (Å²) in [5.41, 5.74) is 0.453. The predicted molar refractivity (Wildman–Crippen MR) is 57.4 cm³/mol. The van der Waals surface area contributed by atoms with Crippen LogP contribution in [0.5, 0.6) is 5.88 Å². The molecule has 1 heterocycles. The van der Waals surface area contributed by atoms with Gasteiger partial charge >= 0.3 is 5.97 Å². The van der Waals surface area contributed by atoms with Gasteiger partial charge in [-0.15, -0.1) is 0 Å².